The van der Waals surface area contributed by atoms with Crippen molar-refractivity contribution in [2.45, 2.75) is 33.5 Å². The summed E-state index contributed by atoms with van der Waals surface area (Å²) in [5.74, 6) is 2.52. The van der Waals surface area contributed by atoms with E-state index in [9.17, 15) is 0 Å². The third-order valence-corrected chi connectivity index (χ3v) is 3.49. The highest BCUT2D eigenvalue weighted by atomic mass is 15.3. The Morgan fingerprint density at radius 1 is 1.29 bits per heavy atom. The molecule has 112 valence electrons. The van der Waals surface area contributed by atoms with E-state index in [2.05, 4.69) is 43.8 Å². The van der Waals surface area contributed by atoms with Crippen molar-refractivity contribution in [2.75, 3.05) is 18.0 Å². The summed E-state index contributed by atoms with van der Waals surface area (Å²) in [5.41, 5.74) is 0.972. The fraction of sp³-hybridized carbons (Fsp3) is 0.571. The van der Waals surface area contributed by atoms with Crippen molar-refractivity contribution in [1.82, 2.24) is 30.0 Å². The largest absolute Gasteiger partial charge is 0.346 e. The lowest BCUT2D eigenvalue weighted by Crippen LogP contribution is -2.34. The van der Waals surface area contributed by atoms with Crippen LogP contribution >= 0.6 is 0 Å². The molecule has 0 aromatic carbocycles. The standard InChI is InChI=1S/C14H21N7/c1-11(2)5-15-6-12-7-16-8-13(18-12)20-3-4-21-10-17-19-14(21)9-20/h7-8,10-11,15H,3-6,9H2,1-2H3. The van der Waals surface area contributed by atoms with Gasteiger partial charge in [-0.3, -0.25) is 4.98 Å². The van der Waals surface area contributed by atoms with Gasteiger partial charge in [0.05, 0.1) is 18.4 Å². The minimum absolute atomic E-state index is 0.634. The number of hydrogen-bond donors (Lipinski definition) is 1. The van der Waals surface area contributed by atoms with Crippen molar-refractivity contribution >= 4 is 5.82 Å². The average Bonchev–Trinajstić information content (AvgIpc) is 2.94. The van der Waals surface area contributed by atoms with Crippen molar-refractivity contribution in [2.24, 2.45) is 5.92 Å². The molecule has 0 fully saturated rings. The van der Waals surface area contributed by atoms with Crippen LogP contribution in [0.25, 0.3) is 0 Å². The lowest BCUT2D eigenvalue weighted by atomic mass is 10.2. The molecule has 3 rings (SSSR count). The number of hydrogen-bond acceptors (Lipinski definition) is 6. The predicted molar refractivity (Wildman–Crippen MR) is 79.6 cm³/mol. The lowest BCUT2D eigenvalue weighted by molar-refractivity contribution is 0.542. The molecule has 0 aliphatic carbocycles. The molecule has 7 nitrogen and oxygen atoms in total. The summed E-state index contributed by atoms with van der Waals surface area (Å²) in [6.07, 6.45) is 5.42. The summed E-state index contributed by atoms with van der Waals surface area (Å²) in [6.45, 7) is 8.65. The van der Waals surface area contributed by atoms with Crippen LogP contribution in [0.4, 0.5) is 5.82 Å². The lowest BCUT2D eigenvalue weighted by Gasteiger charge is -2.27. The minimum Gasteiger partial charge on any atom is -0.346 e. The summed E-state index contributed by atoms with van der Waals surface area (Å²) in [6, 6.07) is 0. The normalized spacial score (nSPS) is 14.5. The molecule has 0 atom stereocenters. The van der Waals surface area contributed by atoms with Crippen LogP contribution in [-0.4, -0.2) is 37.8 Å². The highest BCUT2D eigenvalue weighted by molar-refractivity contribution is 5.37. The second kappa shape index (κ2) is 6.17. The van der Waals surface area contributed by atoms with E-state index in [0.717, 1.165) is 50.1 Å². The molecule has 0 spiro atoms. The zero-order valence-corrected chi connectivity index (χ0v) is 12.5. The Balaban J connectivity index is 1.66. The molecule has 1 aliphatic rings. The van der Waals surface area contributed by atoms with Crippen molar-refractivity contribution in [3.63, 3.8) is 0 Å². The summed E-state index contributed by atoms with van der Waals surface area (Å²) in [5, 5.41) is 11.5. The van der Waals surface area contributed by atoms with Crippen LogP contribution in [0.2, 0.25) is 0 Å². The van der Waals surface area contributed by atoms with Crippen molar-refractivity contribution in [3.05, 3.63) is 30.2 Å². The van der Waals surface area contributed by atoms with Gasteiger partial charge in [-0.1, -0.05) is 13.8 Å². The van der Waals surface area contributed by atoms with Gasteiger partial charge in [0, 0.05) is 25.8 Å². The third-order valence-electron chi connectivity index (χ3n) is 3.49. The summed E-state index contributed by atoms with van der Waals surface area (Å²) < 4.78 is 2.08. The van der Waals surface area contributed by atoms with Gasteiger partial charge in [0.15, 0.2) is 5.82 Å². The molecule has 1 N–H and O–H groups in total. The number of anilines is 1. The Morgan fingerprint density at radius 3 is 3.05 bits per heavy atom. The van der Waals surface area contributed by atoms with Crippen molar-refractivity contribution < 1.29 is 0 Å². The molecular weight excluding hydrogens is 266 g/mol. The van der Waals surface area contributed by atoms with E-state index in [1.54, 1.807) is 6.33 Å². The van der Waals surface area contributed by atoms with Crippen LogP contribution in [0, 0.1) is 5.92 Å². The number of nitrogens with zero attached hydrogens (tertiary/aromatic N) is 6. The zero-order valence-electron chi connectivity index (χ0n) is 12.5. The van der Waals surface area contributed by atoms with E-state index in [4.69, 9.17) is 4.98 Å². The Bertz CT molecular complexity index is 593. The molecule has 21 heavy (non-hydrogen) atoms. The maximum Gasteiger partial charge on any atom is 0.152 e. The molecule has 1 aliphatic heterocycles. The number of nitrogens with one attached hydrogen (secondary N) is 1. The van der Waals surface area contributed by atoms with E-state index < -0.39 is 0 Å². The second-order valence-corrected chi connectivity index (χ2v) is 5.76. The van der Waals surface area contributed by atoms with Crippen LogP contribution in [0.15, 0.2) is 18.7 Å². The predicted octanol–water partition coefficient (Wildman–Crippen LogP) is 0.834. The van der Waals surface area contributed by atoms with Crippen molar-refractivity contribution in [1.29, 1.82) is 0 Å². The smallest absolute Gasteiger partial charge is 0.152 e. The van der Waals surface area contributed by atoms with Gasteiger partial charge in [-0.2, -0.15) is 0 Å². The summed E-state index contributed by atoms with van der Waals surface area (Å²) >= 11 is 0. The average molecular weight is 287 g/mol. The fourth-order valence-electron chi connectivity index (χ4n) is 2.38. The number of aromatic nitrogens is 5. The van der Waals surface area contributed by atoms with E-state index in [1.165, 1.54) is 0 Å². The van der Waals surface area contributed by atoms with Crippen LogP contribution in [0.1, 0.15) is 25.4 Å². The molecule has 2 aromatic heterocycles. The molecule has 7 heteroatoms. The minimum atomic E-state index is 0.634. The van der Waals surface area contributed by atoms with E-state index in [1.807, 2.05) is 12.4 Å². The quantitative estimate of drug-likeness (QED) is 0.878. The molecule has 0 bridgehead atoms. The van der Waals surface area contributed by atoms with E-state index >= 15 is 0 Å². The van der Waals surface area contributed by atoms with Gasteiger partial charge in [0.25, 0.3) is 0 Å². The van der Waals surface area contributed by atoms with Crippen LogP contribution in [0.3, 0.4) is 0 Å². The SMILES string of the molecule is CC(C)CNCc1cncc(N2CCn3cnnc3C2)n1. The molecule has 3 heterocycles. The maximum absolute atomic E-state index is 4.69. The second-order valence-electron chi connectivity index (χ2n) is 5.76. The molecule has 0 radical (unpaired) electrons. The zero-order chi connectivity index (χ0) is 14.7. The van der Waals surface area contributed by atoms with Crippen LogP contribution in [0.5, 0.6) is 0 Å². The first-order chi connectivity index (χ1) is 10.2. The Morgan fingerprint density at radius 2 is 2.19 bits per heavy atom. The molecule has 0 saturated carbocycles. The van der Waals surface area contributed by atoms with Gasteiger partial charge < -0.3 is 14.8 Å². The Hall–Kier alpha value is -2.02. The first-order valence-electron chi connectivity index (χ1n) is 7.35. The van der Waals surface area contributed by atoms with Gasteiger partial charge >= 0.3 is 0 Å². The summed E-state index contributed by atoms with van der Waals surface area (Å²) in [7, 11) is 0. The third kappa shape index (κ3) is 3.36. The Kier molecular flexibility index (Phi) is 4.10. The first kappa shape index (κ1) is 13.9. The van der Waals surface area contributed by atoms with Crippen molar-refractivity contribution in [3.8, 4) is 0 Å². The van der Waals surface area contributed by atoms with Gasteiger partial charge in [-0.25, -0.2) is 4.98 Å². The molecule has 0 amide bonds. The highest BCUT2D eigenvalue weighted by Crippen LogP contribution is 2.16. The van der Waals surface area contributed by atoms with Gasteiger partial charge in [-0.15, -0.1) is 10.2 Å². The van der Waals surface area contributed by atoms with Gasteiger partial charge in [0.1, 0.15) is 12.1 Å². The van der Waals surface area contributed by atoms with Crippen LogP contribution < -0.4 is 10.2 Å². The highest BCUT2D eigenvalue weighted by Gasteiger charge is 2.18. The van der Waals surface area contributed by atoms with Crippen LogP contribution in [-0.2, 0) is 19.6 Å². The van der Waals surface area contributed by atoms with Gasteiger partial charge in [-0.05, 0) is 12.5 Å². The first-order valence-corrected chi connectivity index (χ1v) is 7.35. The number of rotatable bonds is 5. The van der Waals surface area contributed by atoms with Gasteiger partial charge in [0.2, 0.25) is 0 Å². The monoisotopic (exact) mass is 287 g/mol. The topological polar surface area (TPSA) is 71.8 Å². The summed E-state index contributed by atoms with van der Waals surface area (Å²) in [4.78, 5) is 11.2. The fourth-order valence-corrected chi connectivity index (χ4v) is 2.38. The number of fused-ring (bicyclic) bond motifs is 1. The van der Waals surface area contributed by atoms with E-state index in [0.29, 0.717) is 5.92 Å². The molecular formula is C14H21N7. The molecule has 0 unspecified atom stereocenters. The maximum atomic E-state index is 4.69. The van der Waals surface area contributed by atoms with E-state index in [-0.39, 0.29) is 0 Å². The molecule has 2 aromatic rings. The Labute approximate surface area is 124 Å². The molecule has 0 saturated heterocycles.